The van der Waals surface area contributed by atoms with Crippen molar-refractivity contribution in [2.24, 2.45) is 0 Å². The van der Waals surface area contributed by atoms with Crippen molar-refractivity contribution >= 4 is 0 Å². The van der Waals surface area contributed by atoms with Crippen molar-refractivity contribution in [2.45, 2.75) is 45.3 Å². The molecule has 5 heteroatoms. The van der Waals surface area contributed by atoms with Crippen molar-refractivity contribution < 1.29 is 14.4 Å². The van der Waals surface area contributed by atoms with Crippen molar-refractivity contribution in [3.05, 3.63) is 41.0 Å². The zero-order valence-electron chi connectivity index (χ0n) is 11.7. The minimum atomic E-state index is -0.574. The average molecular weight is 274 g/mol. The minimum Gasteiger partial charge on any atom is -0.483 e. The summed E-state index contributed by atoms with van der Waals surface area (Å²) in [5.41, 5.74) is 1.84. The Labute approximate surface area is 117 Å². The van der Waals surface area contributed by atoms with Gasteiger partial charge in [-0.2, -0.15) is 4.98 Å². The number of aliphatic hydroxyl groups is 1. The zero-order valence-corrected chi connectivity index (χ0v) is 11.7. The summed E-state index contributed by atoms with van der Waals surface area (Å²) in [6.45, 7) is 3.93. The number of benzene rings is 1. The van der Waals surface area contributed by atoms with Gasteiger partial charge in [-0.1, -0.05) is 17.3 Å². The molecule has 1 aromatic heterocycles. The lowest BCUT2D eigenvalue weighted by Crippen LogP contribution is -2.01. The first kappa shape index (κ1) is 13.1. The average Bonchev–Trinajstić information content (AvgIpc) is 3.15. The third-order valence-corrected chi connectivity index (χ3v) is 3.40. The van der Waals surface area contributed by atoms with Crippen molar-refractivity contribution in [3.8, 4) is 5.75 Å². The van der Waals surface area contributed by atoms with Gasteiger partial charge in [0.15, 0.2) is 12.4 Å². The summed E-state index contributed by atoms with van der Waals surface area (Å²) in [4.78, 5) is 4.32. The molecule has 0 unspecified atom stereocenters. The molecule has 3 rings (SSSR count). The Morgan fingerprint density at radius 3 is 2.95 bits per heavy atom. The molecule has 5 nitrogen and oxygen atoms in total. The predicted molar refractivity (Wildman–Crippen MR) is 72.4 cm³/mol. The molecular weight excluding hydrogens is 256 g/mol. The molecule has 0 bridgehead atoms. The Hall–Kier alpha value is -1.88. The van der Waals surface area contributed by atoms with Gasteiger partial charge in [0.2, 0.25) is 0 Å². The molecule has 1 atom stereocenters. The Morgan fingerprint density at radius 1 is 1.45 bits per heavy atom. The van der Waals surface area contributed by atoms with Crippen LogP contribution in [-0.2, 0) is 6.61 Å². The van der Waals surface area contributed by atoms with Crippen LogP contribution in [0.2, 0.25) is 0 Å². The lowest BCUT2D eigenvalue weighted by molar-refractivity contribution is 0.185. The van der Waals surface area contributed by atoms with Crippen LogP contribution in [0.4, 0.5) is 0 Å². The predicted octanol–water partition coefficient (Wildman–Crippen LogP) is 2.89. The zero-order chi connectivity index (χ0) is 14.1. The molecule has 0 aliphatic heterocycles. The van der Waals surface area contributed by atoms with Gasteiger partial charge in [0.05, 0.1) is 6.10 Å². The minimum absolute atomic E-state index is 0.225. The number of aryl methyl sites for hydroxylation is 1. The molecular formula is C15H18N2O3. The van der Waals surface area contributed by atoms with Gasteiger partial charge < -0.3 is 14.4 Å². The van der Waals surface area contributed by atoms with Crippen LogP contribution in [0, 0.1) is 6.92 Å². The van der Waals surface area contributed by atoms with Crippen LogP contribution in [0.15, 0.2) is 22.7 Å². The fourth-order valence-corrected chi connectivity index (χ4v) is 2.09. The first-order valence-corrected chi connectivity index (χ1v) is 6.87. The van der Waals surface area contributed by atoms with E-state index in [2.05, 4.69) is 10.1 Å². The molecule has 1 heterocycles. The third-order valence-electron chi connectivity index (χ3n) is 3.40. The van der Waals surface area contributed by atoms with Gasteiger partial charge in [-0.25, -0.2) is 0 Å². The van der Waals surface area contributed by atoms with Crippen molar-refractivity contribution in [3.63, 3.8) is 0 Å². The summed E-state index contributed by atoms with van der Waals surface area (Å²) >= 11 is 0. The summed E-state index contributed by atoms with van der Waals surface area (Å²) < 4.78 is 10.9. The largest absolute Gasteiger partial charge is 0.483 e. The summed E-state index contributed by atoms with van der Waals surface area (Å²) in [6.07, 6.45) is 1.71. The van der Waals surface area contributed by atoms with Crippen molar-refractivity contribution in [1.29, 1.82) is 0 Å². The summed E-state index contributed by atoms with van der Waals surface area (Å²) in [5.74, 6) is 2.39. The Morgan fingerprint density at radius 2 is 2.25 bits per heavy atom. The topological polar surface area (TPSA) is 68.4 Å². The normalized spacial score (nSPS) is 16.1. The molecule has 1 N–H and O–H groups in total. The maximum absolute atomic E-state index is 9.75. The van der Waals surface area contributed by atoms with E-state index in [0.29, 0.717) is 17.6 Å². The maximum Gasteiger partial charge on any atom is 0.264 e. The van der Waals surface area contributed by atoms with E-state index >= 15 is 0 Å². The third kappa shape index (κ3) is 2.82. The lowest BCUT2D eigenvalue weighted by atomic mass is 10.1. The molecule has 1 aliphatic carbocycles. The highest BCUT2D eigenvalue weighted by Crippen LogP contribution is 2.38. The molecule has 1 aliphatic rings. The summed E-state index contributed by atoms with van der Waals surface area (Å²) in [6, 6.07) is 5.73. The number of aliphatic hydroxyl groups excluding tert-OH is 1. The summed E-state index contributed by atoms with van der Waals surface area (Å²) in [5, 5.41) is 13.7. The van der Waals surface area contributed by atoms with Crippen molar-refractivity contribution in [2.75, 3.05) is 0 Å². The van der Waals surface area contributed by atoms with E-state index < -0.39 is 6.10 Å². The van der Waals surface area contributed by atoms with Crippen molar-refractivity contribution in [1.82, 2.24) is 10.1 Å². The molecule has 20 heavy (non-hydrogen) atoms. The number of hydrogen-bond acceptors (Lipinski definition) is 5. The summed E-state index contributed by atoms with van der Waals surface area (Å²) in [7, 11) is 0. The van der Waals surface area contributed by atoms with E-state index in [1.807, 2.05) is 25.1 Å². The van der Waals surface area contributed by atoms with Crippen LogP contribution in [-0.4, -0.2) is 15.2 Å². The van der Waals surface area contributed by atoms with Gasteiger partial charge in [-0.15, -0.1) is 0 Å². The fourth-order valence-electron chi connectivity index (χ4n) is 2.09. The molecule has 106 valence electrons. The molecule has 0 radical (unpaired) electrons. The maximum atomic E-state index is 9.75. The van der Waals surface area contributed by atoms with Gasteiger partial charge in [0, 0.05) is 11.5 Å². The van der Waals surface area contributed by atoms with E-state index in [-0.39, 0.29) is 6.61 Å². The van der Waals surface area contributed by atoms with E-state index in [9.17, 15) is 5.11 Å². The van der Waals surface area contributed by atoms with Gasteiger partial charge in [-0.05, 0) is 38.3 Å². The first-order chi connectivity index (χ1) is 9.63. The number of hydrogen-bond donors (Lipinski definition) is 1. The number of rotatable bonds is 5. The highest BCUT2D eigenvalue weighted by atomic mass is 16.5. The molecule has 1 aromatic carbocycles. The van der Waals surface area contributed by atoms with Gasteiger partial charge in [-0.3, -0.25) is 0 Å². The Kier molecular flexibility index (Phi) is 3.44. The molecule has 1 saturated carbocycles. The second-order valence-electron chi connectivity index (χ2n) is 5.33. The molecule has 0 saturated heterocycles. The van der Waals surface area contributed by atoms with E-state index in [0.717, 1.165) is 29.8 Å². The second kappa shape index (κ2) is 5.25. The highest BCUT2D eigenvalue weighted by Gasteiger charge is 2.28. The van der Waals surface area contributed by atoms with Crippen LogP contribution in [0.5, 0.6) is 5.75 Å². The van der Waals surface area contributed by atoms with Crippen LogP contribution in [0.3, 0.4) is 0 Å². The SMILES string of the molecule is Cc1ccc([C@H](C)O)c(OCc2nc(C3CC3)no2)c1. The highest BCUT2D eigenvalue weighted by molar-refractivity contribution is 5.38. The van der Waals surface area contributed by atoms with E-state index in [1.54, 1.807) is 6.92 Å². The number of ether oxygens (including phenoxy) is 1. The Bertz CT molecular complexity index is 603. The van der Waals surface area contributed by atoms with Crippen LogP contribution in [0.25, 0.3) is 0 Å². The Balaban J connectivity index is 1.71. The standard InChI is InChI=1S/C15H18N2O3/c1-9-3-6-12(10(2)18)13(7-9)19-8-14-16-15(17-20-14)11-4-5-11/h3,6-7,10-11,18H,4-5,8H2,1-2H3/t10-/m0/s1. The number of nitrogens with zero attached hydrogens (tertiary/aromatic N) is 2. The van der Waals surface area contributed by atoms with E-state index in [1.165, 1.54) is 0 Å². The van der Waals surface area contributed by atoms with Crippen LogP contribution in [0.1, 0.15) is 54.6 Å². The smallest absolute Gasteiger partial charge is 0.264 e. The first-order valence-electron chi connectivity index (χ1n) is 6.87. The van der Waals surface area contributed by atoms with Gasteiger partial charge >= 0.3 is 0 Å². The quantitative estimate of drug-likeness (QED) is 0.908. The molecule has 1 fully saturated rings. The number of aromatic nitrogens is 2. The second-order valence-corrected chi connectivity index (χ2v) is 5.33. The molecule has 0 amide bonds. The molecule has 0 spiro atoms. The fraction of sp³-hybridized carbons (Fsp3) is 0.467. The van der Waals surface area contributed by atoms with Crippen LogP contribution >= 0.6 is 0 Å². The lowest BCUT2D eigenvalue weighted by Gasteiger charge is -2.13. The monoisotopic (exact) mass is 274 g/mol. The van der Waals surface area contributed by atoms with E-state index in [4.69, 9.17) is 9.26 Å². The van der Waals surface area contributed by atoms with Crippen LogP contribution < -0.4 is 4.74 Å². The van der Waals surface area contributed by atoms with Gasteiger partial charge in [0.1, 0.15) is 5.75 Å². The van der Waals surface area contributed by atoms with Gasteiger partial charge in [0.25, 0.3) is 5.89 Å². The molecule has 2 aromatic rings.